The molecule has 0 bridgehead atoms. The van der Waals surface area contributed by atoms with Crippen molar-refractivity contribution in [3.05, 3.63) is 0 Å². The second kappa shape index (κ2) is 15.7. The van der Waals surface area contributed by atoms with E-state index in [2.05, 4.69) is 4.74 Å². The van der Waals surface area contributed by atoms with E-state index in [9.17, 15) is 0 Å². The van der Waals surface area contributed by atoms with Gasteiger partial charge in [0.25, 0.3) is 0 Å². The minimum Gasteiger partial charge on any atom is -1.00 e. The SMILES string of the molecule is N#COC#N.[H-].[H-].[K+].[K+]. The fourth-order valence-electron chi connectivity index (χ4n) is 0.0204. The van der Waals surface area contributed by atoms with Gasteiger partial charge in [-0.1, -0.05) is 0 Å². The van der Waals surface area contributed by atoms with E-state index in [4.69, 9.17) is 10.5 Å². The molecule has 0 aromatic rings. The Morgan fingerprint density at radius 3 is 1.43 bits per heavy atom. The van der Waals surface area contributed by atoms with Crippen molar-refractivity contribution in [2.75, 3.05) is 0 Å². The summed E-state index contributed by atoms with van der Waals surface area (Å²) in [5.74, 6) is 0. The van der Waals surface area contributed by atoms with E-state index in [1.165, 1.54) is 0 Å². The first-order valence-corrected chi connectivity index (χ1v) is 0.855. The average molecular weight is 148 g/mol. The van der Waals surface area contributed by atoms with Gasteiger partial charge in [-0.25, -0.2) is 0 Å². The maximum absolute atomic E-state index is 7.37. The predicted molar refractivity (Wildman–Crippen MR) is 14.5 cm³/mol. The molecule has 7 heavy (non-hydrogen) atoms. The second-order valence-corrected chi connectivity index (χ2v) is 0.285. The molecule has 0 aromatic heterocycles. The number of ether oxygens (including phenoxy) is 1. The summed E-state index contributed by atoms with van der Waals surface area (Å²) >= 11 is 0. The van der Waals surface area contributed by atoms with Crippen LogP contribution >= 0.6 is 0 Å². The zero-order valence-corrected chi connectivity index (χ0v) is 10.5. The van der Waals surface area contributed by atoms with Crippen molar-refractivity contribution < 1.29 is 110 Å². The molecule has 0 aliphatic carbocycles. The molecule has 0 aliphatic rings. The van der Waals surface area contributed by atoms with E-state index < -0.39 is 0 Å². The van der Waals surface area contributed by atoms with Crippen molar-refractivity contribution in [1.29, 1.82) is 10.5 Å². The fourth-order valence-corrected chi connectivity index (χ4v) is 0.0204. The summed E-state index contributed by atoms with van der Waals surface area (Å²) in [6.07, 6.45) is 2.31. The van der Waals surface area contributed by atoms with Gasteiger partial charge in [-0.05, 0) is 0 Å². The summed E-state index contributed by atoms with van der Waals surface area (Å²) in [6.45, 7) is 0. The van der Waals surface area contributed by atoms with Crippen molar-refractivity contribution in [3.8, 4) is 12.5 Å². The molecule has 0 N–H and O–H groups in total. The molecule has 0 aromatic carbocycles. The van der Waals surface area contributed by atoms with Gasteiger partial charge in [0.1, 0.15) is 0 Å². The van der Waals surface area contributed by atoms with Crippen molar-refractivity contribution >= 4 is 0 Å². The molecule has 28 valence electrons. The second-order valence-electron chi connectivity index (χ2n) is 0.285. The minimum absolute atomic E-state index is 0. The van der Waals surface area contributed by atoms with Gasteiger partial charge in [0.2, 0.25) is 0 Å². The molecule has 0 saturated carbocycles. The van der Waals surface area contributed by atoms with Gasteiger partial charge in [0, 0.05) is 0 Å². The molecule has 5 heteroatoms. The summed E-state index contributed by atoms with van der Waals surface area (Å²) in [5, 5.41) is 14.7. The summed E-state index contributed by atoms with van der Waals surface area (Å²) in [6, 6.07) is 0. The van der Waals surface area contributed by atoms with E-state index in [0.717, 1.165) is 12.5 Å². The van der Waals surface area contributed by atoms with Gasteiger partial charge in [0.15, 0.2) is 0 Å². The molecule has 0 unspecified atom stereocenters. The number of nitriles is 2. The molecular formula is C2H2K2N2O. The summed E-state index contributed by atoms with van der Waals surface area (Å²) in [7, 11) is 0. The summed E-state index contributed by atoms with van der Waals surface area (Å²) in [4.78, 5) is 0. The Morgan fingerprint density at radius 2 is 1.43 bits per heavy atom. The largest absolute Gasteiger partial charge is 1.00 e. The van der Waals surface area contributed by atoms with Crippen LogP contribution in [0.5, 0.6) is 0 Å². The minimum atomic E-state index is 0. The Hall–Kier alpha value is 2.05. The van der Waals surface area contributed by atoms with Gasteiger partial charge >= 0.3 is 115 Å². The molecule has 3 nitrogen and oxygen atoms in total. The van der Waals surface area contributed by atoms with Gasteiger partial charge < -0.3 is 7.59 Å². The van der Waals surface area contributed by atoms with Gasteiger partial charge in [-0.3, -0.25) is 0 Å². The van der Waals surface area contributed by atoms with E-state index in [0.29, 0.717) is 0 Å². The third-order valence-corrected chi connectivity index (χ3v) is 0.0913. The molecule has 0 radical (unpaired) electrons. The van der Waals surface area contributed by atoms with Gasteiger partial charge in [-0.2, -0.15) is 0 Å². The summed E-state index contributed by atoms with van der Waals surface area (Å²) in [5.41, 5.74) is 0. The standard InChI is InChI=1S/C2N2O.2K.2H/c3-1-5-2-4;;;;/q;2*+1;2*-1. The maximum Gasteiger partial charge on any atom is 1.00 e. The molecule has 0 atom stereocenters. The molecule has 0 fully saturated rings. The predicted octanol–water partition coefficient (Wildman–Crippen LogP) is -5.80. The number of nitrogens with zero attached hydrogens (tertiary/aromatic N) is 2. The van der Waals surface area contributed by atoms with Crippen LogP contribution in [-0.4, -0.2) is 0 Å². The van der Waals surface area contributed by atoms with Crippen LogP contribution in [0.1, 0.15) is 2.85 Å². The first-order chi connectivity index (χ1) is 2.41. The van der Waals surface area contributed by atoms with Gasteiger partial charge in [-0.15, -0.1) is 10.5 Å². The van der Waals surface area contributed by atoms with Crippen LogP contribution in [0.3, 0.4) is 0 Å². The van der Waals surface area contributed by atoms with Crippen LogP contribution in [0.4, 0.5) is 0 Å². The Labute approximate surface area is 130 Å². The molecule has 0 rings (SSSR count). The van der Waals surface area contributed by atoms with Crippen LogP contribution in [0.2, 0.25) is 0 Å². The zero-order chi connectivity index (χ0) is 4.12. The monoisotopic (exact) mass is 148 g/mol. The van der Waals surface area contributed by atoms with Crippen molar-refractivity contribution in [1.82, 2.24) is 0 Å². The molecule has 0 saturated heterocycles. The van der Waals surface area contributed by atoms with Crippen molar-refractivity contribution in [3.63, 3.8) is 0 Å². The average Bonchev–Trinajstić information content (AvgIpc) is 1.41. The molecule has 0 amide bonds. The Kier molecular flexibility index (Phi) is 35.9. The normalized spacial score (nSPS) is 2.57. The number of hydrogen-bond donors (Lipinski definition) is 0. The zero-order valence-electron chi connectivity index (χ0n) is 6.30. The topological polar surface area (TPSA) is 56.8 Å². The number of rotatable bonds is 0. The molecular weight excluding hydrogens is 146 g/mol. The van der Waals surface area contributed by atoms with Crippen LogP contribution in [0, 0.1) is 23.0 Å². The Bertz CT molecular complexity index is 85.7. The first kappa shape index (κ1) is 16.0. The van der Waals surface area contributed by atoms with E-state index in [1.54, 1.807) is 0 Å². The smallest absolute Gasteiger partial charge is 1.00 e. The van der Waals surface area contributed by atoms with Crippen LogP contribution in [0.25, 0.3) is 0 Å². The maximum atomic E-state index is 7.37. The molecule has 0 heterocycles. The fraction of sp³-hybridized carbons (Fsp3) is 0. The van der Waals surface area contributed by atoms with Crippen LogP contribution in [-0.2, 0) is 4.74 Å². The third-order valence-electron chi connectivity index (χ3n) is 0.0913. The third kappa shape index (κ3) is 18.0. The van der Waals surface area contributed by atoms with Crippen LogP contribution in [0.15, 0.2) is 0 Å². The van der Waals surface area contributed by atoms with E-state index >= 15 is 0 Å². The molecule has 0 spiro atoms. The Balaban J connectivity index is -0.0000000133. The quantitative estimate of drug-likeness (QED) is 0.254. The van der Waals surface area contributed by atoms with Gasteiger partial charge in [0.05, 0.1) is 0 Å². The summed E-state index contributed by atoms with van der Waals surface area (Å²) < 4.78 is 3.44. The van der Waals surface area contributed by atoms with Crippen molar-refractivity contribution in [2.45, 2.75) is 0 Å². The van der Waals surface area contributed by atoms with Crippen molar-refractivity contribution in [2.24, 2.45) is 0 Å². The number of hydrogen-bond acceptors (Lipinski definition) is 3. The van der Waals surface area contributed by atoms with E-state index in [1.807, 2.05) is 0 Å². The first-order valence-electron chi connectivity index (χ1n) is 0.855. The molecule has 0 aliphatic heterocycles. The Morgan fingerprint density at radius 1 is 1.14 bits per heavy atom. The van der Waals surface area contributed by atoms with E-state index in [-0.39, 0.29) is 106 Å². The van der Waals surface area contributed by atoms with Crippen LogP contribution < -0.4 is 103 Å².